The van der Waals surface area contributed by atoms with Crippen molar-refractivity contribution in [3.63, 3.8) is 0 Å². The van der Waals surface area contributed by atoms with Gasteiger partial charge in [0.25, 0.3) is 0 Å². The molecule has 0 aromatic heterocycles. The first kappa shape index (κ1) is 16.3. The molecule has 0 aliphatic heterocycles. The molecule has 1 N–H and O–H groups in total. The van der Waals surface area contributed by atoms with E-state index in [-0.39, 0.29) is 6.10 Å². The summed E-state index contributed by atoms with van der Waals surface area (Å²) < 4.78 is 11.0. The quantitative estimate of drug-likeness (QED) is 0.793. The highest BCUT2D eigenvalue weighted by atomic mass is 35.5. The first-order valence-corrected chi connectivity index (χ1v) is 7.05. The van der Waals surface area contributed by atoms with Gasteiger partial charge < -0.3 is 14.8 Å². The van der Waals surface area contributed by atoms with Crippen molar-refractivity contribution in [2.24, 2.45) is 5.92 Å². The lowest BCUT2D eigenvalue weighted by molar-refractivity contribution is 0.0913. The Labute approximate surface area is 121 Å². The van der Waals surface area contributed by atoms with E-state index in [1.54, 1.807) is 7.11 Å². The lowest BCUT2D eigenvalue weighted by Crippen LogP contribution is -2.22. The fourth-order valence-corrected chi connectivity index (χ4v) is 1.98. The van der Waals surface area contributed by atoms with Crippen LogP contribution in [0.1, 0.15) is 26.3 Å². The molecule has 1 aromatic rings. The van der Waals surface area contributed by atoms with Crippen LogP contribution in [0.5, 0.6) is 5.75 Å². The zero-order valence-corrected chi connectivity index (χ0v) is 13.0. The van der Waals surface area contributed by atoms with Gasteiger partial charge in [0.2, 0.25) is 0 Å². The summed E-state index contributed by atoms with van der Waals surface area (Å²) >= 11 is 6.05. The second kappa shape index (κ2) is 8.41. The minimum absolute atomic E-state index is 0.0232. The van der Waals surface area contributed by atoms with Crippen molar-refractivity contribution in [1.29, 1.82) is 0 Å². The third-order valence-electron chi connectivity index (χ3n) is 2.62. The molecule has 0 amide bonds. The molecule has 108 valence electrons. The summed E-state index contributed by atoms with van der Waals surface area (Å²) in [6.07, 6.45) is 0.0232. The Balaban J connectivity index is 2.68. The monoisotopic (exact) mass is 285 g/mol. The molecule has 0 saturated heterocycles. The zero-order valence-electron chi connectivity index (χ0n) is 12.2. The van der Waals surface area contributed by atoms with Crippen LogP contribution in [0.15, 0.2) is 18.2 Å². The molecule has 0 aliphatic rings. The molecule has 0 heterocycles. The first-order valence-electron chi connectivity index (χ1n) is 6.67. The Hall–Kier alpha value is -0.770. The lowest BCUT2D eigenvalue weighted by atomic mass is 10.1. The molecule has 1 rings (SSSR count). The van der Waals surface area contributed by atoms with Gasteiger partial charge in [-0.15, -0.1) is 0 Å². The van der Waals surface area contributed by atoms with Crippen molar-refractivity contribution < 1.29 is 9.47 Å². The molecule has 0 aliphatic carbocycles. The predicted molar refractivity (Wildman–Crippen MR) is 80.0 cm³/mol. The predicted octanol–water partition coefficient (Wildman–Crippen LogP) is 3.50. The van der Waals surface area contributed by atoms with Crippen molar-refractivity contribution in [2.75, 3.05) is 20.3 Å². The molecule has 19 heavy (non-hydrogen) atoms. The fraction of sp³-hybridized carbons (Fsp3) is 0.600. The highest BCUT2D eigenvalue weighted by molar-refractivity contribution is 6.30. The highest BCUT2D eigenvalue weighted by Crippen LogP contribution is 2.24. The zero-order chi connectivity index (χ0) is 14.3. The smallest absolute Gasteiger partial charge is 0.124 e. The number of benzene rings is 1. The Morgan fingerprint density at radius 1 is 1.26 bits per heavy atom. The van der Waals surface area contributed by atoms with Crippen LogP contribution in [-0.4, -0.2) is 26.4 Å². The van der Waals surface area contributed by atoms with E-state index < -0.39 is 0 Å². The molecule has 0 spiro atoms. The average molecular weight is 286 g/mol. The third kappa shape index (κ3) is 6.28. The summed E-state index contributed by atoms with van der Waals surface area (Å²) in [5.41, 5.74) is 1.08. The molecule has 0 radical (unpaired) electrons. The van der Waals surface area contributed by atoms with Crippen molar-refractivity contribution >= 4 is 11.6 Å². The van der Waals surface area contributed by atoms with Gasteiger partial charge in [-0.1, -0.05) is 25.4 Å². The Kier molecular flexibility index (Phi) is 7.21. The molecule has 1 aromatic carbocycles. The second-order valence-corrected chi connectivity index (χ2v) is 5.60. The van der Waals surface area contributed by atoms with Gasteiger partial charge in [-0.25, -0.2) is 0 Å². The summed E-state index contributed by atoms with van der Waals surface area (Å²) in [7, 11) is 1.67. The highest BCUT2D eigenvalue weighted by Gasteiger charge is 2.09. The van der Waals surface area contributed by atoms with Crippen molar-refractivity contribution in [2.45, 2.75) is 33.4 Å². The average Bonchev–Trinajstić information content (AvgIpc) is 2.32. The van der Waals surface area contributed by atoms with Crippen LogP contribution in [0.4, 0.5) is 0 Å². The van der Waals surface area contributed by atoms with E-state index in [2.05, 4.69) is 19.2 Å². The maximum atomic E-state index is 6.05. The van der Waals surface area contributed by atoms with Gasteiger partial charge in [-0.2, -0.15) is 0 Å². The molecule has 3 nitrogen and oxygen atoms in total. The van der Waals surface area contributed by atoms with Crippen molar-refractivity contribution in [3.8, 4) is 5.75 Å². The van der Waals surface area contributed by atoms with Crippen LogP contribution >= 0.6 is 11.6 Å². The molecule has 0 bridgehead atoms. The minimum Gasteiger partial charge on any atom is -0.488 e. The van der Waals surface area contributed by atoms with Crippen LogP contribution in [0.25, 0.3) is 0 Å². The second-order valence-electron chi connectivity index (χ2n) is 5.16. The van der Waals surface area contributed by atoms with Crippen molar-refractivity contribution in [1.82, 2.24) is 5.32 Å². The summed E-state index contributed by atoms with van der Waals surface area (Å²) in [6, 6.07) is 5.72. The fourth-order valence-electron chi connectivity index (χ4n) is 1.78. The minimum atomic E-state index is 0.0232. The molecular formula is C15H24ClNO2. The van der Waals surface area contributed by atoms with Gasteiger partial charge in [0, 0.05) is 24.2 Å². The Morgan fingerprint density at radius 2 is 2.00 bits per heavy atom. The first-order chi connectivity index (χ1) is 9.02. The number of rotatable bonds is 8. The maximum absolute atomic E-state index is 6.05. The standard InChI is InChI=1S/C15H24ClNO2/c1-11(2)8-17-9-13-7-14(16)5-6-15(13)19-12(3)10-18-4/h5-7,11-12,17H,8-10H2,1-4H3. The van der Waals surface area contributed by atoms with Crippen LogP contribution in [0.2, 0.25) is 5.02 Å². The van der Waals surface area contributed by atoms with E-state index in [1.807, 2.05) is 25.1 Å². The molecule has 1 unspecified atom stereocenters. The van der Waals surface area contributed by atoms with E-state index in [0.29, 0.717) is 12.5 Å². The van der Waals surface area contributed by atoms with Gasteiger partial charge in [0.15, 0.2) is 0 Å². The van der Waals surface area contributed by atoms with Crippen LogP contribution in [-0.2, 0) is 11.3 Å². The van der Waals surface area contributed by atoms with Gasteiger partial charge >= 0.3 is 0 Å². The summed E-state index contributed by atoms with van der Waals surface area (Å²) in [5, 5.41) is 4.13. The number of methoxy groups -OCH3 is 1. The Morgan fingerprint density at radius 3 is 2.63 bits per heavy atom. The van der Waals surface area contributed by atoms with Gasteiger partial charge in [0.05, 0.1) is 6.61 Å². The topological polar surface area (TPSA) is 30.5 Å². The van der Waals surface area contributed by atoms with E-state index in [4.69, 9.17) is 21.1 Å². The molecule has 4 heteroatoms. The summed E-state index contributed by atoms with van der Waals surface area (Å²) in [5.74, 6) is 1.49. The molecule has 0 saturated carbocycles. The van der Waals surface area contributed by atoms with Crippen molar-refractivity contribution in [3.05, 3.63) is 28.8 Å². The summed E-state index contributed by atoms with van der Waals surface area (Å²) in [6.45, 7) is 8.66. The maximum Gasteiger partial charge on any atom is 0.124 e. The van der Waals surface area contributed by atoms with E-state index in [0.717, 1.165) is 29.4 Å². The number of nitrogens with one attached hydrogen (secondary N) is 1. The van der Waals surface area contributed by atoms with E-state index in [1.165, 1.54) is 0 Å². The van der Waals surface area contributed by atoms with Gasteiger partial charge in [-0.05, 0) is 37.6 Å². The van der Waals surface area contributed by atoms with Crippen LogP contribution < -0.4 is 10.1 Å². The third-order valence-corrected chi connectivity index (χ3v) is 2.86. The number of halogens is 1. The largest absolute Gasteiger partial charge is 0.488 e. The number of ether oxygens (including phenoxy) is 2. The Bertz CT molecular complexity index is 382. The molecular weight excluding hydrogens is 262 g/mol. The van der Waals surface area contributed by atoms with E-state index in [9.17, 15) is 0 Å². The van der Waals surface area contributed by atoms with Crippen LogP contribution in [0.3, 0.4) is 0 Å². The number of hydrogen-bond donors (Lipinski definition) is 1. The number of hydrogen-bond acceptors (Lipinski definition) is 3. The normalized spacial score (nSPS) is 12.7. The summed E-state index contributed by atoms with van der Waals surface area (Å²) in [4.78, 5) is 0. The van der Waals surface area contributed by atoms with Gasteiger partial charge in [0.1, 0.15) is 11.9 Å². The lowest BCUT2D eigenvalue weighted by Gasteiger charge is -2.18. The van der Waals surface area contributed by atoms with Gasteiger partial charge in [-0.3, -0.25) is 0 Å². The van der Waals surface area contributed by atoms with E-state index >= 15 is 0 Å². The SMILES string of the molecule is COCC(C)Oc1ccc(Cl)cc1CNCC(C)C. The molecule has 1 atom stereocenters. The molecule has 0 fully saturated rings. The van der Waals surface area contributed by atoms with Crippen LogP contribution in [0, 0.1) is 5.92 Å².